The third-order valence-corrected chi connectivity index (χ3v) is 7.34. The van der Waals surface area contributed by atoms with Gasteiger partial charge in [0.25, 0.3) is 0 Å². The van der Waals surface area contributed by atoms with Gasteiger partial charge in [-0.15, -0.1) is 0 Å². The van der Waals surface area contributed by atoms with Crippen LogP contribution >= 0.6 is 11.3 Å². The van der Waals surface area contributed by atoms with E-state index in [9.17, 15) is 4.79 Å². The zero-order valence-corrected chi connectivity index (χ0v) is 20.2. The van der Waals surface area contributed by atoms with Gasteiger partial charge in [-0.1, -0.05) is 11.3 Å². The van der Waals surface area contributed by atoms with Gasteiger partial charge in [-0.2, -0.15) is 0 Å². The smallest absolute Gasteiger partial charge is 0.206 e. The molecule has 3 heterocycles. The minimum atomic E-state index is -0.109. The molecule has 2 saturated heterocycles. The Hall–Kier alpha value is -3.14. The van der Waals surface area contributed by atoms with Gasteiger partial charge in [0.15, 0.2) is 5.13 Å². The van der Waals surface area contributed by atoms with Crippen LogP contribution in [0.4, 0.5) is 28.0 Å². The standard InChI is InChI=1S/C25H30N6O2S/c1-29-10-12-30(13-11-29)21-8-4-19(5-9-21)27-25-28-24(26)23(34-25)22(32)18-2-6-20(7-3-18)31-14-16-33-17-15-31/h2-9H,10-17,26H2,1H3,(H,27,28). The number of ketones is 1. The van der Waals surface area contributed by atoms with E-state index in [0.717, 1.165) is 63.9 Å². The number of nitrogens with two attached hydrogens (primary N) is 1. The Morgan fingerprint density at radius 1 is 0.912 bits per heavy atom. The molecular formula is C25H30N6O2S. The molecule has 0 bridgehead atoms. The minimum Gasteiger partial charge on any atom is -0.382 e. The first kappa shape index (κ1) is 22.6. The lowest BCUT2D eigenvalue weighted by molar-refractivity contribution is 0.104. The maximum absolute atomic E-state index is 13.1. The van der Waals surface area contributed by atoms with Crippen LogP contribution in [0.25, 0.3) is 0 Å². The first-order chi connectivity index (χ1) is 16.6. The number of carbonyl (C=O) groups excluding carboxylic acids is 1. The molecule has 2 aliphatic heterocycles. The predicted octanol–water partition coefficient (Wildman–Crippen LogP) is 3.29. The van der Waals surface area contributed by atoms with Crippen LogP contribution in [-0.2, 0) is 4.74 Å². The number of nitrogens with zero attached hydrogens (tertiary/aromatic N) is 4. The van der Waals surface area contributed by atoms with Gasteiger partial charge in [0, 0.05) is 61.9 Å². The summed E-state index contributed by atoms with van der Waals surface area (Å²) in [4.78, 5) is 24.9. The third-order valence-electron chi connectivity index (χ3n) is 6.35. The van der Waals surface area contributed by atoms with Gasteiger partial charge in [0.1, 0.15) is 10.7 Å². The molecule has 0 aliphatic carbocycles. The summed E-state index contributed by atoms with van der Waals surface area (Å²) < 4.78 is 5.41. The lowest BCUT2D eigenvalue weighted by atomic mass is 10.1. The predicted molar refractivity (Wildman–Crippen MR) is 139 cm³/mol. The zero-order chi connectivity index (χ0) is 23.5. The number of hydrogen-bond acceptors (Lipinski definition) is 9. The number of likely N-dealkylation sites (N-methyl/N-ethyl adjacent to an activating group) is 1. The Morgan fingerprint density at radius 2 is 1.50 bits per heavy atom. The van der Waals surface area contributed by atoms with E-state index in [1.807, 2.05) is 36.4 Å². The molecule has 3 N–H and O–H groups in total. The number of benzene rings is 2. The Labute approximate surface area is 203 Å². The molecule has 2 fully saturated rings. The number of nitrogens with one attached hydrogen (secondary N) is 1. The summed E-state index contributed by atoms with van der Waals surface area (Å²) in [6.45, 7) is 7.40. The van der Waals surface area contributed by atoms with Crippen LogP contribution in [0.3, 0.4) is 0 Å². The molecule has 2 aromatic carbocycles. The molecule has 34 heavy (non-hydrogen) atoms. The van der Waals surface area contributed by atoms with Crippen molar-refractivity contribution in [2.24, 2.45) is 0 Å². The van der Waals surface area contributed by atoms with Gasteiger partial charge in [-0.25, -0.2) is 4.98 Å². The van der Waals surface area contributed by atoms with Crippen LogP contribution in [0.5, 0.6) is 0 Å². The third kappa shape index (κ3) is 5.01. The van der Waals surface area contributed by atoms with Crippen molar-refractivity contribution in [3.05, 3.63) is 59.0 Å². The molecule has 2 aliphatic rings. The normalized spacial score (nSPS) is 17.1. The fourth-order valence-electron chi connectivity index (χ4n) is 4.27. The lowest BCUT2D eigenvalue weighted by Crippen LogP contribution is -2.44. The van der Waals surface area contributed by atoms with Gasteiger partial charge < -0.3 is 30.5 Å². The van der Waals surface area contributed by atoms with E-state index in [-0.39, 0.29) is 11.6 Å². The van der Waals surface area contributed by atoms with Crippen LogP contribution in [0.2, 0.25) is 0 Å². The quantitative estimate of drug-likeness (QED) is 0.522. The number of thiazole rings is 1. The molecule has 5 rings (SSSR count). The van der Waals surface area contributed by atoms with Crippen molar-refractivity contribution in [1.82, 2.24) is 9.88 Å². The highest BCUT2D eigenvalue weighted by molar-refractivity contribution is 7.18. The summed E-state index contributed by atoms with van der Waals surface area (Å²) in [7, 11) is 2.16. The SMILES string of the molecule is CN1CCN(c2ccc(Nc3nc(N)c(C(=O)c4ccc(N5CCOCC5)cc4)s3)cc2)CC1. The van der Waals surface area contributed by atoms with E-state index in [1.165, 1.54) is 17.0 Å². The van der Waals surface area contributed by atoms with Crippen molar-refractivity contribution in [3.8, 4) is 0 Å². The number of nitrogen functional groups attached to an aromatic ring is 1. The molecule has 0 unspecified atom stereocenters. The number of piperazine rings is 1. The maximum atomic E-state index is 13.1. The molecule has 1 aromatic heterocycles. The summed E-state index contributed by atoms with van der Waals surface area (Å²) in [6, 6.07) is 16.0. The molecular weight excluding hydrogens is 448 g/mol. The Balaban J connectivity index is 1.24. The monoisotopic (exact) mass is 478 g/mol. The van der Waals surface area contributed by atoms with Crippen molar-refractivity contribution in [2.45, 2.75) is 0 Å². The molecule has 3 aromatic rings. The molecule has 8 nitrogen and oxygen atoms in total. The number of aromatic nitrogens is 1. The van der Waals surface area contributed by atoms with Crippen LogP contribution in [0.1, 0.15) is 15.2 Å². The first-order valence-corrected chi connectivity index (χ1v) is 12.4. The highest BCUT2D eigenvalue weighted by atomic mass is 32.1. The molecule has 0 saturated carbocycles. The number of rotatable bonds is 6. The number of anilines is 5. The van der Waals surface area contributed by atoms with Gasteiger partial charge >= 0.3 is 0 Å². The van der Waals surface area contributed by atoms with Crippen molar-refractivity contribution >= 4 is 45.1 Å². The highest BCUT2D eigenvalue weighted by Crippen LogP contribution is 2.31. The highest BCUT2D eigenvalue weighted by Gasteiger charge is 2.19. The summed E-state index contributed by atoms with van der Waals surface area (Å²) in [5.74, 6) is 0.144. The molecule has 0 atom stereocenters. The van der Waals surface area contributed by atoms with Crippen molar-refractivity contribution in [1.29, 1.82) is 0 Å². The Bertz CT molecular complexity index is 1120. The fraction of sp³-hybridized carbons (Fsp3) is 0.360. The van der Waals surface area contributed by atoms with Crippen molar-refractivity contribution in [3.63, 3.8) is 0 Å². The molecule has 9 heteroatoms. The minimum absolute atomic E-state index is 0.109. The van der Waals surface area contributed by atoms with Gasteiger partial charge in [-0.3, -0.25) is 4.79 Å². The second kappa shape index (κ2) is 10.0. The average Bonchev–Trinajstić information content (AvgIpc) is 3.25. The van der Waals surface area contributed by atoms with Crippen LogP contribution in [0, 0.1) is 0 Å². The molecule has 0 spiro atoms. The van der Waals surface area contributed by atoms with Gasteiger partial charge in [0.05, 0.1) is 13.2 Å². The molecule has 0 radical (unpaired) electrons. The van der Waals surface area contributed by atoms with Gasteiger partial charge in [0.2, 0.25) is 5.78 Å². The van der Waals surface area contributed by atoms with E-state index in [2.05, 4.69) is 44.2 Å². The van der Waals surface area contributed by atoms with E-state index in [1.54, 1.807) is 0 Å². The number of morpholine rings is 1. The first-order valence-electron chi connectivity index (χ1n) is 11.6. The second-order valence-corrected chi connectivity index (χ2v) is 9.67. The number of carbonyl (C=O) groups is 1. The summed E-state index contributed by atoms with van der Waals surface area (Å²) in [6.07, 6.45) is 0. The molecule has 0 amide bonds. The van der Waals surface area contributed by atoms with Gasteiger partial charge in [-0.05, 0) is 55.6 Å². The van der Waals surface area contributed by atoms with Crippen molar-refractivity contribution in [2.75, 3.05) is 80.4 Å². The summed E-state index contributed by atoms with van der Waals surface area (Å²) in [5.41, 5.74) is 9.96. The fourth-order valence-corrected chi connectivity index (χ4v) is 5.14. The van der Waals surface area contributed by atoms with Crippen molar-refractivity contribution < 1.29 is 9.53 Å². The Morgan fingerprint density at radius 3 is 2.15 bits per heavy atom. The lowest BCUT2D eigenvalue weighted by Gasteiger charge is -2.34. The second-order valence-electron chi connectivity index (χ2n) is 8.67. The summed E-state index contributed by atoms with van der Waals surface area (Å²) in [5, 5.41) is 3.90. The van der Waals surface area contributed by atoms with E-state index in [0.29, 0.717) is 15.6 Å². The zero-order valence-electron chi connectivity index (χ0n) is 19.4. The van der Waals surface area contributed by atoms with Crippen LogP contribution < -0.4 is 20.9 Å². The summed E-state index contributed by atoms with van der Waals surface area (Å²) >= 11 is 1.28. The van der Waals surface area contributed by atoms with Crippen LogP contribution in [-0.4, -0.2) is 75.2 Å². The topological polar surface area (TPSA) is 87.0 Å². The maximum Gasteiger partial charge on any atom is 0.206 e. The number of hydrogen-bond donors (Lipinski definition) is 2. The molecule has 178 valence electrons. The Kier molecular flexibility index (Phi) is 6.66. The van der Waals surface area contributed by atoms with E-state index >= 15 is 0 Å². The average molecular weight is 479 g/mol. The van der Waals surface area contributed by atoms with E-state index in [4.69, 9.17) is 10.5 Å². The van der Waals surface area contributed by atoms with E-state index < -0.39 is 0 Å². The number of ether oxygens (including phenoxy) is 1. The largest absolute Gasteiger partial charge is 0.382 e. The van der Waals surface area contributed by atoms with Crippen LogP contribution in [0.15, 0.2) is 48.5 Å².